The molecule has 2 saturated heterocycles. The topological polar surface area (TPSA) is 84.5 Å². The van der Waals surface area contributed by atoms with Crippen LogP contribution in [0.25, 0.3) is 10.9 Å². The Morgan fingerprint density at radius 3 is 2.67 bits per heavy atom. The Morgan fingerprint density at radius 2 is 1.95 bits per heavy atom. The fourth-order valence-electron chi connectivity index (χ4n) is 6.64. The van der Waals surface area contributed by atoms with Gasteiger partial charge in [-0.05, 0) is 68.5 Å². The average Bonchev–Trinajstić information content (AvgIpc) is 3.41. The van der Waals surface area contributed by atoms with Gasteiger partial charge in [-0.3, -0.25) is 14.8 Å². The van der Waals surface area contributed by atoms with Crippen molar-refractivity contribution in [3.63, 3.8) is 0 Å². The molecule has 3 aromatic rings. The van der Waals surface area contributed by atoms with Gasteiger partial charge in [-0.2, -0.15) is 10.1 Å². The van der Waals surface area contributed by atoms with E-state index in [1.54, 1.807) is 0 Å². The fourth-order valence-corrected chi connectivity index (χ4v) is 6.94. The first-order valence-corrected chi connectivity index (χ1v) is 14.9. The molecule has 40 heavy (non-hydrogen) atoms. The fraction of sp³-hybridized carbons (Fsp3) is 0.533. The van der Waals surface area contributed by atoms with Gasteiger partial charge in [-0.1, -0.05) is 32.0 Å². The smallest absolute Gasteiger partial charge is 0.246 e. The molecule has 0 radical (unpaired) electrons. The van der Waals surface area contributed by atoms with E-state index in [9.17, 15) is 4.79 Å². The molecule has 1 amide bonds. The van der Waals surface area contributed by atoms with Gasteiger partial charge in [0.1, 0.15) is 5.82 Å². The molecule has 1 aliphatic carbocycles. The molecule has 4 heterocycles. The summed E-state index contributed by atoms with van der Waals surface area (Å²) in [5.41, 5.74) is 4.53. The molecule has 0 saturated carbocycles. The van der Waals surface area contributed by atoms with Crippen LogP contribution in [-0.4, -0.2) is 94.8 Å². The second-order valence-corrected chi connectivity index (χ2v) is 12.0. The number of halogens is 1. The Kier molecular flexibility index (Phi) is 7.44. The summed E-state index contributed by atoms with van der Waals surface area (Å²) in [6.45, 7) is 14.0. The molecule has 2 atom stereocenters. The summed E-state index contributed by atoms with van der Waals surface area (Å²) in [6, 6.07) is 4.51. The zero-order valence-corrected chi connectivity index (χ0v) is 24.5. The third-order valence-corrected chi connectivity index (χ3v) is 9.41. The average molecular weight is 563 g/mol. The third-order valence-electron chi connectivity index (χ3n) is 9.08. The summed E-state index contributed by atoms with van der Waals surface area (Å²) in [7, 11) is 2.21. The molecule has 6 rings (SSSR count). The molecule has 212 valence electrons. The maximum absolute atomic E-state index is 12.2. The summed E-state index contributed by atoms with van der Waals surface area (Å²) in [5, 5.41) is 9.28. The molecular weight excluding hydrogens is 524 g/mol. The molecule has 0 bridgehead atoms. The van der Waals surface area contributed by atoms with Crippen molar-refractivity contribution in [2.75, 3.05) is 62.7 Å². The highest BCUT2D eigenvalue weighted by molar-refractivity contribution is 6.32. The maximum Gasteiger partial charge on any atom is 0.246 e. The number of hydrogen-bond donors (Lipinski definition) is 1. The second kappa shape index (κ2) is 11.0. The van der Waals surface area contributed by atoms with Gasteiger partial charge in [0.15, 0.2) is 0 Å². The normalized spacial score (nSPS) is 21.6. The number of carbonyl (C=O) groups is 1. The number of aromatic nitrogens is 4. The van der Waals surface area contributed by atoms with Crippen molar-refractivity contribution in [1.29, 1.82) is 0 Å². The van der Waals surface area contributed by atoms with Crippen molar-refractivity contribution >= 4 is 40.2 Å². The molecule has 10 heteroatoms. The lowest BCUT2D eigenvalue weighted by Crippen LogP contribution is -2.59. The van der Waals surface area contributed by atoms with Crippen molar-refractivity contribution in [3.8, 4) is 0 Å². The quantitative estimate of drug-likeness (QED) is 0.437. The molecule has 2 aromatic heterocycles. The zero-order chi connectivity index (χ0) is 28.0. The van der Waals surface area contributed by atoms with Gasteiger partial charge >= 0.3 is 0 Å². The Labute approximate surface area is 241 Å². The first-order chi connectivity index (χ1) is 19.4. The molecule has 2 fully saturated rings. The summed E-state index contributed by atoms with van der Waals surface area (Å²) in [4.78, 5) is 31.6. The predicted octanol–water partition coefficient (Wildman–Crippen LogP) is 3.89. The number of rotatable bonds is 7. The minimum Gasteiger partial charge on any atom is -0.353 e. The third kappa shape index (κ3) is 4.83. The van der Waals surface area contributed by atoms with Gasteiger partial charge in [0.05, 0.1) is 17.4 Å². The highest BCUT2D eigenvalue weighted by Crippen LogP contribution is 2.44. The van der Waals surface area contributed by atoms with Crippen LogP contribution in [-0.2, 0) is 17.6 Å². The number of piperazine rings is 1. The molecule has 0 spiro atoms. The standard InChI is InChI=1S/C30H39ClN8O/c1-5-9-36(4)20-17-39(18-20)30-33-26-15-21(28-23-16-32-35-25(23)8-7-24(28)31)19(3)14-22(26)29(34-30)38-12-10-37(11-13-38)27(40)6-2/h6-8,16,19-21H,2,5,9-15,17-18H2,1,3-4H3,(H,32,35)/t19-,21-/m0/s1. The predicted molar refractivity (Wildman–Crippen MR) is 160 cm³/mol. The van der Waals surface area contributed by atoms with E-state index in [-0.39, 0.29) is 11.8 Å². The summed E-state index contributed by atoms with van der Waals surface area (Å²) in [6.07, 6.45) is 6.15. The van der Waals surface area contributed by atoms with E-state index in [4.69, 9.17) is 21.6 Å². The first-order valence-electron chi connectivity index (χ1n) is 14.5. The van der Waals surface area contributed by atoms with Gasteiger partial charge in [0.2, 0.25) is 11.9 Å². The van der Waals surface area contributed by atoms with Crippen molar-refractivity contribution in [1.82, 2.24) is 30.0 Å². The Balaban J connectivity index is 1.34. The Bertz CT molecular complexity index is 1410. The SMILES string of the molecule is C=CC(=O)N1CCN(c2nc(N3CC(N(C)CCC)C3)nc3c2C[C@H](C)[C@@H](c2c(Cl)ccc4[nH]ncc24)C3)CC1. The number of H-pyrrole nitrogens is 1. The van der Waals surface area contributed by atoms with Crippen LogP contribution in [0, 0.1) is 5.92 Å². The van der Waals surface area contributed by atoms with E-state index in [2.05, 4.69) is 52.4 Å². The number of nitrogens with zero attached hydrogens (tertiary/aromatic N) is 7. The second-order valence-electron chi connectivity index (χ2n) is 11.6. The van der Waals surface area contributed by atoms with Crippen LogP contribution in [0.5, 0.6) is 0 Å². The highest BCUT2D eigenvalue weighted by Gasteiger charge is 2.37. The van der Waals surface area contributed by atoms with E-state index >= 15 is 0 Å². The Morgan fingerprint density at radius 1 is 1.18 bits per heavy atom. The highest BCUT2D eigenvalue weighted by atomic mass is 35.5. The number of carbonyl (C=O) groups excluding carboxylic acids is 1. The number of nitrogens with one attached hydrogen (secondary N) is 1. The van der Waals surface area contributed by atoms with Crippen LogP contribution >= 0.6 is 11.6 Å². The van der Waals surface area contributed by atoms with Gasteiger partial charge < -0.3 is 14.7 Å². The molecule has 3 aliphatic rings. The maximum atomic E-state index is 12.2. The van der Waals surface area contributed by atoms with Gasteiger partial charge in [-0.15, -0.1) is 0 Å². The lowest BCUT2D eigenvalue weighted by molar-refractivity contribution is -0.126. The number of fused-ring (bicyclic) bond motifs is 2. The molecule has 0 unspecified atom stereocenters. The van der Waals surface area contributed by atoms with Crippen molar-refractivity contribution in [2.45, 2.75) is 45.1 Å². The van der Waals surface area contributed by atoms with Gasteiger partial charge in [0.25, 0.3) is 0 Å². The van der Waals surface area contributed by atoms with E-state index in [0.717, 1.165) is 90.9 Å². The minimum atomic E-state index is -0.00496. The molecule has 9 nitrogen and oxygen atoms in total. The number of anilines is 2. The monoisotopic (exact) mass is 562 g/mol. The molecule has 2 aliphatic heterocycles. The van der Waals surface area contributed by atoms with Crippen LogP contribution in [0.4, 0.5) is 11.8 Å². The minimum absolute atomic E-state index is 0.00496. The van der Waals surface area contributed by atoms with Crippen LogP contribution in [0.3, 0.4) is 0 Å². The number of hydrogen-bond acceptors (Lipinski definition) is 7. The van der Waals surface area contributed by atoms with E-state index in [1.807, 2.05) is 23.2 Å². The van der Waals surface area contributed by atoms with Crippen LogP contribution in [0.1, 0.15) is 43.0 Å². The number of amides is 1. The number of benzene rings is 1. The molecular formula is C30H39ClN8O. The zero-order valence-electron chi connectivity index (χ0n) is 23.7. The number of likely N-dealkylation sites (N-methyl/N-ethyl adjacent to an activating group) is 1. The van der Waals surface area contributed by atoms with Crippen LogP contribution in [0.2, 0.25) is 5.02 Å². The van der Waals surface area contributed by atoms with Crippen LogP contribution < -0.4 is 9.80 Å². The Hall–Kier alpha value is -3.17. The summed E-state index contributed by atoms with van der Waals surface area (Å²) >= 11 is 6.84. The summed E-state index contributed by atoms with van der Waals surface area (Å²) in [5.74, 6) is 2.45. The first kappa shape index (κ1) is 27.0. The van der Waals surface area contributed by atoms with E-state index < -0.39 is 0 Å². The van der Waals surface area contributed by atoms with Gasteiger partial charge in [-0.25, -0.2) is 4.98 Å². The van der Waals surface area contributed by atoms with Crippen molar-refractivity contribution in [2.24, 2.45) is 5.92 Å². The van der Waals surface area contributed by atoms with E-state index in [1.165, 1.54) is 11.6 Å². The summed E-state index contributed by atoms with van der Waals surface area (Å²) < 4.78 is 0. The molecule has 1 N–H and O–H groups in total. The van der Waals surface area contributed by atoms with E-state index in [0.29, 0.717) is 25.0 Å². The molecule has 1 aromatic carbocycles. The lowest BCUT2D eigenvalue weighted by Gasteiger charge is -2.45. The number of aromatic amines is 1. The lowest BCUT2D eigenvalue weighted by atomic mass is 9.74. The van der Waals surface area contributed by atoms with Crippen LogP contribution in [0.15, 0.2) is 31.0 Å². The largest absolute Gasteiger partial charge is 0.353 e. The van der Waals surface area contributed by atoms with Crippen molar-refractivity contribution in [3.05, 3.63) is 52.8 Å². The van der Waals surface area contributed by atoms with Gasteiger partial charge in [0, 0.05) is 61.3 Å². The van der Waals surface area contributed by atoms with Crippen molar-refractivity contribution < 1.29 is 4.79 Å².